The highest BCUT2D eigenvalue weighted by Crippen LogP contribution is 2.30. The summed E-state index contributed by atoms with van der Waals surface area (Å²) in [4.78, 5) is 7.28. The average molecular weight is 270 g/mol. The lowest BCUT2D eigenvalue weighted by Crippen LogP contribution is -2.18. The van der Waals surface area contributed by atoms with Crippen LogP contribution >= 0.6 is 0 Å². The summed E-state index contributed by atoms with van der Waals surface area (Å²) < 4.78 is 2.03. The number of likely N-dealkylation sites (tertiary alicyclic amines) is 1. The van der Waals surface area contributed by atoms with Gasteiger partial charge in [0.15, 0.2) is 0 Å². The van der Waals surface area contributed by atoms with Gasteiger partial charge >= 0.3 is 0 Å². The monoisotopic (exact) mass is 270 g/mol. The fourth-order valence-corrected chi connectivity index (χ4v) is 2.99. The topological polar surface area (TPSA) is 34.0 Å². The Morgan fingerprint density at radius 2 is 2.10 bits per heavy atom. The van der Waals surface area contributed by atoms with Crippen molar-refractivity contribution in [3.05, 3.63) is 36.2 Å². The van der Waals surface area contributed by atoms with E-state index in [9.17, 15) is 0 Å². The van der Waals surface area contributed by atoms with Crippen molar-refractivity contribution in [1.82, 2.24) is 19.7 Å². The van der Waals surface area contributed by atoms with Crippen molar-refractivity contribution in [3.63, 3.8) is 0 Å². The summed E-state index contributed by atoms with van der Waals surface area (Å²) in [6, 6.07) is 9.19. The van der Waals surface area contributed by atoms with E-state index in [1.165, 1.54) is 25.1 Å². The zero-order valence-corrected chi connectivity index (χ0v) is 12.5. The van der Waals surface area contributed by atoms with E-state index < -0.39 is 0 Å². The first-order valence-corrected chi connectivity index (χ1v) is 7.38. The van der Waals surface area contributed by atoms with Crippen molar-refractivity contribution in [2.75, 3.05) is 13.6 Å². The van der Waals surface area contributed by atoms with Crippen molar-refractivity contribution in [2.24, 2.45) is 0 Å². The van der Waals surface area contributed by atoms with Gasteiger partial charge in [-0.1, -0.05) is 6.07 Å². The van der Waals surface area contributed by atoms with Gasteiger partial charge in [-0.25, -0.2) is 4.98 Å². The smallest absolute Gasteiger partial charge is 0.0887 e. The Labute approximate surface area is 120 Å². The lowest BCUT2D eigenvalue weighted by Gasteiger charge is -2.19. The molecular weight excluding hydrogens is 248 g/mol. The van der Waals surface area contributed by atoms with Crippen LogP contribution in [0.5, 0.6) is 0 Å². The molecule has 106 valence electrons. The van der Waals surface area contributed by atoms with Crippen LogP contribution < -0.4 is 0 Å². The molecule has 0 spiro atoms. The van der Waals surface area contributed by atoms with Crippen molar-refractivity contribution in [1.29, 1.82) is 0 Å². The molecule has 2 aromatic heterocycles. The number of aromatic nitrogens is 3. The van der Waals surface area contributed by atoms with Gasteiger partial charge in [-0.05, 0) is 58.5 Å². The van der Waals surface area contributed by atoms with Gasteiger partial charge in [0.1, 0.15) is 0 Å². The summed E-state index contributed by atoms with van der Waals surface area (Å²) >= 11 is 0. The normalized spacial score (nSPS) is 19.9. The van der Waals surface area contributed by atoms with Crippen LogP contribution in [0.15, 0.2) is 30.5 Å². The van der Waals surface area contributed by atoms with Gasteiger partial charge in [0.25, 0.3) is 0 Å². The maximum Gasteiger partial charge on any atom is 0.0887 e. The van der Waals surface area contributed by atoms with E-state index in [4.69, 9.17) is 4.98 Å². The van der Waals surface area contributed by atoms with Crippen LogP contribution in [0.4, 0.5) is 0 Å². The molecule has 3 heterocycles. The first kappa shape index (κ1) is 13.3. The van der Waals surface area contributed by atoms with Crippen molar-refractivity contribution < 1.29 is 0 Å². The van der Waals surface area contributed by atoms with Crippen LogP contribution in [-0.2, 0) is 0 Å². The number of hydrogen-bond acceptors (Lipinski definition) is 3. The first-order chi connectivity index (χ1) is 9.66. The second-order valence-corrected chi connectivity index (χ2v) is 5.84. The van der Waals surface area contributed by atoms with Gasteiger partial charge in [0.05, 0.1) is 23.1 Å². The summed E-state index contributed by atoms with van der Waals surface area (Å²) in [5.41, 5.74) is 3.30. The van der Waals surface area contributed by atoms with E-state index in [-0.39, 0.29) is 0 Å². The molecule has 20 heavy (non-hydrogen) atoms. The molecule has 0 aromatic carbocycles. The van der Waals surface area contributed by atoms with Gasteiger partial charge < -0.3 is 0 Å². The van der Waals surface area contributed by atoms with Gasteiger partial charge in [0.2, 0.25) is 0 Å². The highest BCUT2D eigenvalue weighted by Gasteiger charge is 2.24. The molecule has 1 unspecified atom stereocenters. The minimum Gasteiger partial charge on any atom is -0.298 e. The fraction of sp³-hybridized carbons (Fsp3) is 0.500. The van der Waals surface area contributed by atoms with Crippen LogP contribution in [0, 0.1) is 0 Å². The molecule has 4 heteroatoms. The van der Waals surface area contributed by atoms with Gasteiger partial charge in [-0.3, -0.25) is 9.58 Å². The third kappa shape index (κ3) is 2.36. The zero-order valence-electron chi connectivity index (χ0n) is 12.5. The Kier molecular flexibility index (Phi) is 3.57. The maximum absolute atomic E-state index is 4.89. The van der Waals surface area contributed by atoms with Crippen molar-refractivity contribution in [2.45, 2.75) is 38.8 Å². The van der Waals surface area contributed by atoms with Crippen LogP contribution in [0.3, 0.4) is 0 Å². The minimum absolute atomic E-state index is 0.347. The Morgan fingerprint density at radius 3 is 2.80 bits per heavy atom. The Hall–Kier alpha value is -1.68. The number of hydrogen-bond donors (Lipinski definition) is 0. The van der Waals surface area contributed by atoms with E-state index in [0.717, 1.165) is 11.4 Å². The molecule has 1 atom stereocenters. The molecule has 0 aliphatic carbocycles. The van der Waals surface area contributed by atoms with Crippen molar-refractivity contribution >= 4 is 0 Å². The maximum atomic E-state index is 4.89. The quantitative estimate of drug-likeness (QED) is 0.858. The SMILES string of the molecule is CC(C)n1nccc1-c1cccc(C2CCCN2C)n1. The Bertz CT molecular complexity index is 588. The molecule has 1 saturated heterocycles. The van der Waals surface area contributed by atoms with Gasteiger partial charge in [0, 0.05) is 12.2 Å². The van der Waals surface area contributed by atoms with Crippen LogP contribution in [-0.4, -0.2) is 33.3 Å². The van der Waals surface area contributed by atoms with Gasteiger partial charge in [-0.2, -0.15) is 5.10 Å². The standard InChI is InChI=1S/C16H22N4/c1-12(2)20-16(9-10-17-20)14-7-4-6-13(18-14)15-8-5-11-19(15)3/h4,6-7,9-10,12,15H,5,8,11H2,1-3H3. The third-order valence-corrected chi connectivity index (χ3v) is 4.05. The predicted molar refractivity (Wildman–Crippen MR) is 80.4 cm³/mol. The predicted octanol–water partition coefficient (Wildman–Crippen LogP) is 3.29. The van der Waals surface area contributed by atoms with Crippen molar-refractivity contribution in [3.8, 4) is 11.4 Å². The molecule has 0 saturated carbocycles. The second kappa shape index (κ2) is 5.37. The molecule has 0 radical (unpaired) electrons. The zero-order chi connectivity index (χ0) is 14.1. The molecule has 0 N–H and O–H groups in total. The first-order valence-electron chi connectivity index (χ1n) is 7.38. The second-order valence-electron chi connectivity index (χ2n) is 5.84. The summed E-state index contributed by atoms with van der Waals surface area (Å²) in [5, 5.41) is 4.40. The number of rotatable bonds is 3. The molecule has 4 nitrogen and oxygen atoms in total. The van der Waals surface area contributed by atoms with E-state index >= 15 is 0 Å². The van der Waals surface area contributed by atoms with Crippen LogP contribution in [0.2, 0.25) is 0 Å². The largest absolute Gasteiger partial charge is 0.298 e. The molecule has 0 amide bonds. The van der Waals surface area contributed by atoms with E-state index in [1.807, 2.05) is 16.9 Å². The summed E-state index contributed by atoms with van der Waals surface area (Å²) in [7, 11) is 2.18. The summed E-state index contributed by atoms with van der Waals surface area (Å²) in [5.74, 6) is 0. The molecule has 1 aliphatic heterocycles. The number of pyridine rings is 1. The minimum atomic E-state index is 0.347. The number of nitrogens with zero attached hydrogens (tertiary/aromatic N) is 4. The molecule has 3 rings (SSSR count). The molecule has 0 bridgehead atoms. The van der Waals surface area contributed by atoms with Crippen LogP contribution in [0.1, 0.15) is 44.5 Å². The van der Waals surface area contributed by atoms with E-state index in [2.05, 4.69) is 49.1 Å². The highest BCUT2D eigenvalue weighted by molar-refractivity contribution is 5.54. The lowest BCUT2D eigenvalue weighted by molar-refractivity contribution is 0.312. The van der Waals surface area contributed by atoms with E-state index in [1.54, 1.807) is 0 Å². The lowest BCUT2D eigenvalue weighted by atomic mass is 10.1. The Balaban J connectivity index is 1.97. The Morgan fingerprint density at radius 1 is 1.25 bits per heavy atom. The summed E-state index contributed by atoms with van der Waals surface area (Å²) in [6.45, 7) is 5.46. The average Bonchev–Trinajstić information content (AvgIpc) is 3.07. The van der Waals surface area contributed by atoms with Crippen LogP contribution in [0.25, 0.3) is 11.4 Å². The summed E-state index contributed by atoms with van der Waals surface area (Å²) in [6.07, 6.45) is 4.32. The third-order valence-electron chi connectivity index (χ3n) is 4.05. The molecule has 2 aromatic rings. The van der Waals surface area contributed by atoms with E-state index in [0.29, 0.717) is 12.1 Å². The fourth-order valence-electron chi connectivity index (χ4n) is 2.99. The molecule has 1 aliphatic rings. The molecular formula is C16H22N4. The molecule has 1 fully saturated rings. The highest BCUT2D eigenvalue weighted by atomic mass is 15.3. The van der Waals surface area contributed by atoms with Gasteiger partial charge in [-0.15, -0.1) is 0 Å².